The maximum atomic E-state index is 4.10. The fourth-order valence-electron chi connectivity index (χ4n) is 2.88. The molecule has 0 aliphatic carbocycles. The summed E-state index contributed by atoms with van der Waals surface area (Å²) in [5, 5.41) is 0. The predicted molar refractivity (Wildman–Crippen MR) is 71.9 cm³/mol. The quantitative estimate of drug-likeness (QED) is 0.613. The maximum Gasteiger partial charge on any atom is 0.103 e. The minimum atomic E-state index is -1.40. The zero-order valence-electron chi connectivity index (χ0n) is 10.2. The van der Waals surface area contributed by atoms with Crippen LogP contribution in [0.4, 0.5) is 0 Å². The van der Waals surface area contributed by atoms with E-state index in [4.69, 9.17) is 0 Å². The molecule has 1 aliphatic rings. The Morgan fingerprint density at radius 3 is 1.93 bits per heavy atom. The lowest BCUT2D eigenvalue weighted by atomic mass is 10.5. The number of hydrogen-bond acceptors (Lipinski definition) is 0. The summed E-state index contributed by atoms with van der Waals surface area (Å²) in [4.78, 5) is 0. The van der Waals surface area contributed by atoms with E-state index in [0.29, 0.717) is 4.66 Å². The molecule has 14 heavy (non-hydrogen) atoms. The van der Waals surface area contributed by atoms with Crippen molar-refractivity contribution in [2.75, 3.05) is 0 Å². The Bertz CT molecular complexity index is 243. The summed E-state index contributed by atoms with van der Waals surface area (Å²) >= 11 is 0. The van der Waals surface area contributed by atoms with Gasteiger partial charge in [0.15, 0.2) is 0 Å². The highest BCUT2D eigenvalue weighted by atomic mass is 28.4. The van der Waals surface area contributed by atoms with Crippen LogP contribution in [0.1, 0.15) is 20.3 Å². The maximum absolute atomic E-state index is 4.10. The van der Waals surface area contributed by atoms with E-state index >= 15 is 0 Å². The first-order valence-corrected chi connectivity index (χ1v) is 11.2. The molecule has 0 amide bonds. The second-order valence-electron chi connectivity index (χ2n) is 5.81. The molecule has 0 aromatic rings. The molecule has 1 fully saturated rings. The van der Waals surface area contributed by atoms with Crippen molar-refractivity contribution in [1.29, 1.82) is 0 Å². The SMILES string of the molecule is C=C[Si]1(C=C)CCC[Si](C)(C)C1(C)C. The van der Waals surface area contributed by atoms with Crippen molar-refractivity contribution in [2.45, 2.75) is 50.1 Å². The third kappa shape index (κ3) is 1.39. The first-order valence-electron chi connectivity index (χ1n) is 5.60. The molecule has 1 aliphatic heterocycles. The van der Waals surface area contributed by atoms with Gasteiger partial charge in [0.05, 0.1) is 8.07 Å². The van der Waals surface area contributed by atoms with Gasteiger partial charge in [0.1, 0.15) is 8.07 Å². The fraction of sp³-hybridized carbons (Fsp3) is 0.667. The molecule has 0 aromatic carbocycles. The summed E-state index contributed by atoms with van der Waals surface area (Å²) in [7, 11) is -2.48. The van der Waals surface area contributed by atoms with Crippen LogP contribution in [-0.4, -0.2) is 16.1 Å². The lowest BCUT2D eigenvalue weighted by Gasteiger charge is -2.54. The second-order valence-corrected chi connectivity index (χ2v) is 16.5. The third-order valence-electron chi connectivity index (χ3n) is 4.98. The van der Waals surface area contributed by atoms with Gasteiger partial charge in [-0.15, -0.1) is 13.2 Å². The molecule has 2 heteroatoms. The van der Waals surface area contributed by atoms with Crippen molar-refractivity contribution < 1.29 is 0 Å². The van der Waals surface area contributed by atoms with Crippen LogP contribution < -0.4 is 0 Å². The van der Waals surface area contributed by atoms with Gasteiger partial charge in [-0.3, -0.25) is 0 Å². The van der Waals surface area contributed by atoms with E-state index < -0.39 is 16.1 Å². The Hall–Kier alpha value is -0.0862. The lowest BCUT2D eigenvalue weighted by Crippen LogP contribution is -2.58. The Morgan fingerprint density at radius 1 is 1.07 bits per heavy atom. The summed E-state index contributed by atoms with van der Waals surface area (Å²) in [6.07, 6.45) is 1.41. The number of rotatable bonds is 2. The predicted octanol–water partition coefficient (Wildman–Crippen LogP) is 4.32. The van der Waals surface area contributed by atoms with E-state index in [1.54, 1.807) is 0 Å². The minimum absolute atomic E-state index is 0.530. The van der Waals surface area contributed by atoms with Crippen LogP contribution >= 0.6 is 0 Å². The van der Waals surface area contributed by atoms with Gasteiger partial charge in [-0.05, 0) is 4.66 Å². The van der Waals surface area contributed by atoms with Crippen LogP contribution in [-0.2, 0) is 0 Å². The summed E-state index contributed by atoms with van der Waals surface area (Å²) in [6, 6.07) is 2.86. The molecular weight excluding hydrogens is 200 g/mol. The first kappa shape index (κ1) is 12.0. The molecule has 0 saturated carbocycles. The highest BCUT2D eigenvalue weighted by Gasteiger charge is 2.54. The van der Waals surface area contributed by atoms with Gasteiger partial charge >= 0.3 is 0 Å². The van der Waals surface area contributed by atoms with Crippen LogP contribution in [0.3, 0.4) is 0 Å². The van der Waals surface area contributed by atoms with Gasteiger partial charge in [0.25, 0.3) is 0 Å². The van der Waals surface area contributed by atoms with Gasteiger partial charge in [0.2, 0.25) is 0 Å². The van der Waals surface area contributed by atoms with Crippen LogP contribution in [0.15, 0.2) is 24.6 Å². The Kier molecular flexibility index (Phi) is 2.99. The third-order valence-corrected chi connectivity index (χ3v) is 18.4. The van der Waals surface area contributed by atoms with E-state index in [1.807, 2.05) is 0 Å². The lowest BCUT2D eigenvalue weighted by molar-refractivity contribution is 0.787. The highest BCUT2D eigenvalue weighted by Crippen LogP contribution is 2.54. The summed E-state index contributed by atoms with van der Waals surface area (Å²) in [5.41, 5.74) is 4.57. The Morgan fingerprint density at radius 2 is 1.57 bits per heavy atom. The monoisotopic (exact) mass is 224 g/mol. The van der Waals surface area contributed by atoms with Gasteiger partial charge in [-0.2, -0.15) is 0 Å². The molecule has 0 unspecified atom stereocenters. The molecule has 0 N–H and O–H groups in total. The molecule has 0 aromatic heterocycles. The molecule has 80 valence electrons. The van der Waals surface area contributed by atoms with E-state index in [9.17, 15) is 0 Å². The first-order chi connectivity index (χ1) is 6.33. The Balaban J connectivity index is 3.20. The van der Waals surface area contributed by atoms with Crippen molar-refractivity contribution in [2.24, 2.45) is 0 Å². The van der Waals surface area contributed by atoms with Gasteiger partial charge in [0, 0.05) is 0 Å². The van der Waals surface area contributed by atoms with Crippen LogP contribution in [0.5, 0.6) is 0 Å². The van der Waals surface area contributed by atoms with E-state index in [0.717, 1.165) is 0 Å². The van der Waals surface area contributed by atoms with Gasteiger partial charge in [-0.1, -0.05) is 56.8 Å². The number of hydrogen-bond donors (Lipinski definition) is 0. The topological polar surface area (TPSA) is 0 Å². The molecule has 1 heterocycles. The van der Waals surface area contributed by atoms with Crippen LogP contribution in [0.25, 0.3) is 0 Å². The standard InChI is InChI=1S/C12H24Si2/c1-7-14(8-2)11-9-10-13(5,6)12(14,3)4/h7-8H,1-2,9-11H2,3-6H3. The highest BCUT2D eigenvalue weighted by molar-refractivity contribution is 7.06. The fourth-order valence-corrected chi connectivity index (χ4v) is 14.3. The molecule has 1 saturated heterocycles. The zero-order chi connectivity index (χ0) is 11.0. The molecule has 0 spiro atoms. The molecule has 0 nitrogen and oxygen atoms in total. The molecule has 0 bridgehead atoms. The van der Waals surface area contributed by atoms with Crippen molar-refractivity contribution >= 4 is 16.1 Å². The summed E-state index contributed by atoms with van der Waals surface area (Å²) in [6.45, 7) is 18.2. The molecule has 0 atom stereocenters. The summed E-state index contributed by atoms with van der Waals surface area (Å²) < 4.78 is 0.530. The molecule has 0 radical (unpaired) electrons. The van der Waals surface area contributed by atoms with Crippen molar-refractivity contribution in [3.8, 4) is 0 Å². The van der Waals surface area contributed by atoms with E-state index in [2.05, 4.69) is 51.5 Å². The largest absolute Gasteiger partial charge is 0.107 e. The average Bonchev–Trinajstić information content (AvgIpc) is 2.10. The van der Waals surface area contributed by atoms with Gasteiger partial charge in [-0.25, -0.2) is 0 Å². The van der Waals surface area contributed by atoms with Crippen LogP contribution in [0.2, 0.25) is 29.8 Å². The second kappa shape index (κ2) is 3.49. The van der Waals surface area contributed by atoms with Gasteiger partial charge < -0.3 is 0 Å². The normalized spacial score (nSPS) is 28.0. The summed E-state index contributed by atoms with van der Waals surface area (Å²) in [5.74, 6) is 0. The van der Waals surface area contributed by atoms with E-state index in [-0.39, 0.29) is 0 Å². The van der Waals surface area contributed by atoms with Crippen molar-refractivity contribution in [3.05, 3.63) is 24.6 Å². The average molecular weight is 224 g/mol. The zero-order valence-corrected chi connectivity index (χ0v) is 12.2. The smallest absolute Gasteiger partial charge is 0.103 e. The van der Waals surface area contributed by atoms with E-state index in [1.165, 1.54) is 18.5 Å². The van der Waals surface area contributed by atoms with Crippen molar-refractivity contribution in [3.63, 3.8) is 0 Å². The van der Waals surface area contributed by atoms with Crippen LogP contribution in [0, 0.1) is 0 Å². The van der Waals surface area contributed by atoms with Crippen molar-refractivity contribution in [1.82, 2.24) is 0 Å². The minimum Gasteiger partial charge on any atom is -0.107 e. The molecular formula is C12H24Si2. The molecule has 1 rings (SSSR count). The Labute approximate surface area is 91.1 Å².